The third-order valence-electron chi connectivity index (χ3n) is 3.15. The second kappa shape index (κ2) is 4.38. The van der Waals surface area contributed by atoms with Gasteiger partial charge in [0.25, 0.3) is 5.56 Å². The Balaban J connectivity index is 2.06. The number of aliphatic hydroxyl groups excluding tert-OH is 3. The first-order valence-corrected chi connectivity index (χ1v) is 5.67. The van der Waals surface area contributed by atoms with Gasteiger partial charge < -0.3 is 25.0 Å². The predicted molar refractivity (Wildman–Crippen MR) is 61.2 cm³/mol. The normalized spacial score (nSPS) is 31.1. The summed E-state index contributed by atoms with van der Waals surface area (Å²) in [4.78, 5) is 17.9. The molecular weight excluding hydrogens is 256 g/mol. The van der Waals surface area contributed by atoms with Gasteiger partial charge in [-0.1, -0.05) is 0 Å². The molecule has 1 saturated heterocycles. The first-order chi connectivity index (χ1) is 9.13. The molecule has 0 aromatic carbocycles. The van der Waals surface area contributed by atoms with Crippen molar-refractivity contribution in [1.29, 1.82) is 0 Å². The van der Waals surface area contributed by atoms with E-state index in [-0.39, 0.29) is 16.6 Å². The van der Waals surface area contributed by atoms with Crippen LogP contribution in [0, 0.1) is 0 Å². The molecule has 4 N–H and O–H groups in total. The zero-order valence-electron chi connectivity index (χ0n) is 9.67. The smallest absolute Gasteiger partial charge is 0.261 e. The Labute approximate surface area is 106 Å². The summed E-state index contributed by atoms with van der Waals surface area (Å²) in [6.07, 6.45) is -1.88. The second-order valence-corrected chi connectivity index (χ2v) is 4.29. The number of aromatic amines is 1. The lowest BCUT2D eigenvalue weighted by Gasteiger charge is -2.15. The molecule has 3 heterocycles. The molecule has 0 radical (unpaired) electrons. The van der Waals surface area contributed by atoms with Gasteiger partial charge in [0.1, 0.15) is 23.7 Å². The third kappa shape index (κ3) is 1.75. The van der Waals surface area contributed by atoms with E-state index in [4.69, 9.17) is 9.84 Å². The third-order valence-corrected chi connectivity index (χ3v) is 3.15. The lowest BCUT2D eigenvalue weighted by Crippen LogP contribution is -2.33. The largest absolute Gasteiger partial charge is 0.394 e. The fourth-order valence-electron chi connectivity index (χ4n) is 2.14. The van der Waals surface area contributed by atoms with E-state index in [1.165, 1.54) is 17.2 Å². The van der Waals surface area contributed by atoms with Gasteiger partial charge in [0.05, 0.1) is 19.1 Å². The molecule has 0 spiro atoms. The Hall–Kier alpha value is -1.81. The predicted octanol–water partition coefficient (Wildman–Crippen LogP) is -2.27. The van der Waals surface area contributed by atoms with E-state index >= 15 is 0 Å². The SMILES string of the molecule is O=c1[nH]cnc2c1cnn2[C@@H]1O[C@H](CO)[C@@H](O)[C@@H]1O. The van der Waals surface area contributed by atoms with Crippen molar-refractivity contribution in [2.45, 2.75) is 24.5 Å². The van der Waals surface area contributed by atoms with E-state index < -0.39 is 31.1 Å². The molecule has 0 bridgehead atoms. The molecule has 0 saturated carbocycles. The van der Waals surface area contributed by atoms with Crippen molar-refractivity contribution in [3.8, 4) is 0 Å². The number of H-pyrrole nitrogens is 1. The van der Waals surface area contributed by atoms with Gasteiger partial charge in [-0.3, -0.25) is 4.79 Å². The van der Waals surface area contributed by atoms with E-state index in [1.807, 2.05) is 0 Å². The van der Waals surface area contributed by atoms with Gasteiger partial charge in [-0.25, -0.2) is 9.67 Å². The summed E-state index contributed by atoms with van der Waals surface area (Å²) >= 11 is 0. The number of hydrogen-bond donors (Lipinski definition) is 4. The molecule has 4 atom stereocenters. The molecular formula is C10H12N4O5. The van der Waals surface area contributed by atoms with Crippen LogP contribution >= 0.6 is 0 Å². The van der Waals surface area contributed by atoms with Crippen molar-refractivity contribution in [2.24, 2.45) is 0 Å². The van der Waals surface area contributed by atoms with Crippen molar-refractivity contribution in [3.05, 3.63) is 22.9 Å². The molecule has 0 aliphatic carbocycles. The molecule has 19 heavy (non-hydrogen) atoms. The molecule has 0 amide bonds. The Bertz CT molecular complexity index is 653. The van der Waals surface area contributed by atoms with Crippen LogP contribution in [-0.2, 0) is 4.74 Å². The average molecular weight is 268 g/mol. The summed E-state index contributed by atoms with van der Waals surface area (Å²) in [5.74, 6) is 0. The van der Waals surface area contributed by atoms with E-state index in [1.54, 1.807) is 0 Å². The molecule has 102 valence electrons. The number of aliphatic hydroxyl groups is 3. The van der Waals surface area contributed by atoms with Gasteiger partial charge >= 0.3 is 0 Å². The van der Waals surface area contributed by atoms with Crippen LogP contribution in [0.25, 0.3) is 11.0 Å². The molecule has 1 aliphatic rings. The topological polar surface area (TPSA) is 133 Å². The number of hydrogen-bond acceptors (Lipinski definition) is 7. The van der Waals surface area contributed by atoms with Gasteiger partial charge in [0.2, 0.25) is 0 Å². The minimum absolute atomic E-state index is 0.235. The van der Waals surface area contributed by atoms with Gasteiger partial charge in [-0.2, -0.15) is 5.10 Å². The van der Waals surface area contributed by atoms with Crippen LogP contribution in [0.3, 0.4) is 0 Å². The summed E-state index contributed by atoms with van der Waals surface area (Å²) in [6.45, 7) is -0.429. The van der Waals surface area contributed by atoms with Gasteiger partial charge in [0.15, 0.2) is 11.9 Å². The summed E-state index contributed by atoms with van der Waals surface area (Å²) in [6, 6.07) is 0. The lowest BCUT2D eigenvalue weighted by atomic mass is 10.1. The Morgan fingerprint density at radius 2 is 2.21 bits per heavy atom. The number of aromatic nitrogens is 4. The minimum atomic E-state index is -1.26. The molecule has 9 heteroatoms. The molecule has 3 rings (SSSR count). The zero-order valence-corrected chi connectivity index (χ0v) is 9.67. The average Bonchev–Trinajstić information content (AvgIpc) is 2.94. The van der Waals surface area contributed by atoms with Gasteiger partial charge in [-0.15, -0.1) is 0 Å². The van der Waals surface area contributed by atoms with Crippen molar-refractivity contribution in [1.82, 2.24) is 19.7 Å². The monoisotopic (exact) mass is 268 g/mol. The van der Waals surface area contributed by atoms with Crippen LogP contribution in [0.2, 0.25) is 0 Å². The highest BCUT2D eigenvalue weighted by molar-refractivity contribution is 5.72. The second-order valence-electron chi connectivity index (χ2n) is 4.29. The van der Waals surface area contributed by atoms with Crippen LogP contribution in [0.15, 0.2) is 17.3 Å². The number of fused-ring (bicyclic) bond motifs is 1. The Morgan fingerprint density at radius 1 is 1.42 bits per heavy atom. The highest BCUT2D eigenvalue weighted by atomic mass is 16.6. The molecule has 1 aliphatic heterocycles. The Kier molecular flexibility index (Phi) is 2.82. The maximum absolute atomic E-state index is 11.5. The Morgan fingerprint density at radius 3 is 2.89 bits per heavy atom. The van der Waals surface area contributed by atoms with E-state index in [0.717, 1.165) is 0 Å². The van der Waals surface area contributed by atoms with E-state index in [2.05, 4.69) is 15.1 Å². The van der Waals surface area contributed by atoms with Crippen LogP contribution in [-0.4, -0.2) is 60.0 Å². The first kappa shape index (κ1) is 12.2. The minimum Gasteiger partial charge on any atom is -0.394 e. The molecule has 2 aromatic heterocycles. The zero-order chi connectivity index (χ0) is 13.6. The number of rotatable bonds is 2. The van der Waals surface area contributed by atoms with Crippen LogP contribution in [0.1, 0.15) is 6.23 Å². The van der Waals surface area contributed by atoms with E-state index in [0.29, 0.717) is 0 Å². The van der Waals surface area contributed by atoms with Crippen LogP contribution < -0.4 is 5.56 Å². The van der Waals surface area contributed by atoms with Crippen LogP contribution in [0.5, 0.6) is 0 Å². The molecule has 9 nitrogen and oxygen atoms in total. The maximum Gasteiger partial charge on any atom is 0.261 e. The number of nitrogens with zero attached hydrogens (tertiary/aromatic N) is 3. The van der Waals surface area contributed by atoms with Gasteiger partial charge in [-0.05, 0) is 0 Å². The summed E-state index contributed by atoms with van der Waals surface area (Å²) in [5, 5.41) is 32.8. The standard InChI is InChI=1S/C10H12N4O5/c15-2-5-6(16)7(17)10(19-5)14-8-4(1-13-14)9(18)12-3-11-8/h1,3,5-7,10,15-17H,2H2,(H,11,12,18)/t5-,6-,7+,10-/m1/s1. The van der Waals surface area contributed by atoms with Crippen molar-refractivity contribution in [3.63, 3.8) is 0 Å². The van der Waals surface area contributed by atoms with Gasteiger partial charge in [0, 0.05) is 0 Å². The summed E-state index contributed by atoms with van der Waals surface area (Å²) in [7, 11) is 0. The quantitative estimate of drug-likeness (QED) is 0.482. The molecule has 1 fully saturated rings. The van der Waals surface area contributed by atoms with Crippen molar-refractivity contribution in [2.75, 3.05) is 6.61 Å². The summed E-state index contributed by atoms with van der Waals surface area (Å²) < 4.78 is 6.54. The fraction of sp³-hybridized carbons (Fsp3) is 0.500. The van der Waals surface area contributed by atoms with Crippen molar-refractivity contribution < 1.29 is 20.1 Å². The first-order valence-electron chi connectivity index (χ1n) is 5.67. The number of nitrogens with one attached hydrogen (secondary N) is 1. The molecule has 0 unspecified atom stereocenters. The van der Waals surface area contributed by atoms with Crippen molar-refractivity contribution >= 4 is 11.0 Å². The summed E-state index contributed by atoms with van der Waals surface area (Å²) in [5.41, 5.74) is -0.124. The highest BCUT2D eigenvalue weighted by Crippen LogP contribution is 2.30. The van der Waals surface area contributed by atoms with E-state index in [9.17, 15) is 15.0 Å². The molecule has 2 aromatic rings. The fourth-order valence-corrected chi connectivity index (χ4v) is 2.14. The lowest BCUT2D eigenvalue weighted by molar-refractivity contribution is -0.0566. The highest BCUT2D eigenvalue weighted by Gasteiger charge is 2.44. The van der Waals surface area contributed by atoms with Crippen LogP contribution in [0.4, 0.5) is 0 Å². The maximum atomic E-state index is 11.5. The number of ether oxygens (including phenoxy) is 1.